The summed E-state index contributed by atoms with van der Waals surface area (Å²) in [5.74, 6) is -1.88. The van der Waals surface area contributed by atoms with Crippen LogP contribution in [0.25, 0.3) is 0 Å². The molecule has 0 bridgehead atoms. The molecule has 0 amide bonds. The summed E-state index contributed by atoms with van der Waals surface area (Å²) >= 11 is 0. The van der Waals surface area contributed by atoms with Crippen LogP contribution in [0.5, 0.6) is 0 Å². The number of hydrogen-bond acceptors (Lipinski definition) is 2. The van der Waals surface area contributed by atoms with Crippen molar-refractivity contribution in [1.82, 2.24) is 0 Å². The topological polar surface area (TPSA) is 32.3 Å². The van der Waals surface area contributed by atoms with Crippen LogP contribution in [0.2, 0.25) is 0 Å². The molecule has 104 valence electrons. The molecule has 0 fully saturated rings. The predicted octanol–water partition coefficient (Wildman–Crippen LogP) is 3.32. The predicted molar refractivity (Wildman–Crippen MR) is 73.8 cm³/mol. The zero-order chi connectivity index (χ0) is 14.3. The van der Waals surface area contributed by atoms with Gasteiger partial charge >= 0.3 is 0 Å². The SMILES string of the molecule is Cc1ccc(C(O)c2cccc3c2NCC3)c(F)c1F. The van der Waals surface area contributed by atoms with Crippen LogP contribution in [0.4, 0.5) is 14.5 Å². The van der Waals surface area contributed by atoms with Gasteiger partial charge in [-0.05, 0) is 24.5 Å². The maximum atomic E-state index is 14.0. The minimum atomic E-state index is -1.18. The second-order valence-electron chi connectivity index (χ2n) is 5.06. The molecule has 2 aromatic carbocycles. The molecule has 0 radical (unpaired) electrons. The van der Waals surface area contributed by atoms with E-state index in [9.17, 15) is 13.9 Å². The van der Waals surface area contributed by atoms with Crippen molar-refractivity contribution < 1.29 is 13.9 Å². The first-order valence-corrected chi connectivity index (χ1v) is 6.58. The third kappa shape index (κ3) is 1.96. The van der Waals surface area contributed by atoms with Gasteiger partial charge in [0.25, 0.3) is 0 Å². The lowest BCUT2D eigenvalue weighted by Gasteiger charge is -2.17. The van der Waals surface area contributed by atoms with Crippen LogP contribution in [-0.4, -0.2) is 11.7 Å². The number of aryl methyl sites for hydroxylation is 1. The highest BCUT2D eigenvalue weighted by molar-refractivity contribution is 5.63. The number of aliphatic hydroxyl groups excluding tert-OH is 1. The maximum absolute atomic E-state index is 14.0. The summed E-state index contributed by atoms with van der Waals surface area (Å²) in [6.45, 7) is 2.29. The van der Waals surface area contributed by atoms with Gasteiger partial charge in [-0.3, -0.25) is 0 Å². The molecule has 3 rings (SSSR count). The second kappa shape index (κ2) is 4.87. The van der Waals surface area contributed by atoms with Gasteiger partial charge in [-0.25, -0.2) is 8.78 Å². The fourth-order valence-electron chi connectivity index (χ4n) is 2.63. The van der Waals surface area contributed by atoms with Crippen LogP contribution >= 0.6 is 0 Å². The third-order valence-corrected chi connectivity index (χ3v) is 3.77. The van der Waals surface area contributed by atoms with Crippen molar-refractivity contribution in [1.29, 1.82) is 0 Å². The van der Waals surface area contributed by atoms with Gasteiger partial charge in [-0.2, -0.15) is 0 Å². The molecule has 2 N–H and O–H groups in total. The van der Waals surface area contributed by atoms with E-state index in [0.29, 0.717) is 5.56 Å². The molecule has 20 heavy (non-hydrogen) atoms. The van der Waals surface area contributed by atoms with Gasteiger partial charge in [0.15, 0.2) is 11.6 Å². The Hall–Kier alpha value is -1.94. The van der Waals surface area contributed by atoms with Crippen LogP contribution in [0.15, 0.2) is 30.3 Å². The zero-order valence-corrected chi connectivity index (χ0v) is 11.1. The van der Waals surface area contributed by atoms with Gasteiger partial charge in [0.05, 0.1) is 0 Å². The molecule has 2 nitrogen and oxygen atoms in total. The average Bonchev–Trinajstić information content (AvgIpc) is 2.92. The maximum Gasteiger partial charge on any atom is 0.165 e. The normalized spacial score (nSPS) is 14.8. The Morgan fingerprint density at radius 3 is 2.70 bits per heavy atom. The number of benzene rings is 2. The van der Waals surface area contributed by atoms with Crippen LogP contribution < -0.4 is 5.32 Å². The first-order chi connectivity index (χ1) is 9.59. The van der Waals surface area contributed by atoms with Crippen molar-refractivity contribution in [3.05, 3.63) is 64.2 Å². The van der Waals surface area contributed by atoms with E-state index in [1.165, 1.54) is 19.1 Å². The lowest BCUT2D eigenvalue weighted by atomic mass is 9.96. The molecule has 1 atom stereocenters. The molecule has 0 aromatic heterocycles. The summed E-state index contributed by atoms with van der Waals surface area (Å²) in [7, 11) is 0. The van der Waals surface area contributed by atoms with Crippen molar-refractivity contribution in [2.45, 2.75) is 19.4 Å². The van der Waals surface area contributed by atoms with Crippen molar-refractivity contribution in [2.75, 3.05) is 11.9 Å². The molecule has 2 aromatic rings. The summed E-state index contributed by atoms with van der Waals surface area (Å²) in [6.07, 6.45) is -0.300. The van der Waals surface area contributed by atoms with Gasteiger partial charge in [0, 0.05) is 23.4 Å². The van der Waals surface area contributed by atoms with Crippen LogP contribution in [0, 0.1) is 18.6 Å². The van der Waals surface area contributed by atoms with Crippen LogP contribution in [-0.2, 0) is 6.42 Å². The van der Waals surface area contributed by atoms with Crippen LogP contribution in [0.3, 0.4) is 0 Å². The molecule has 4 heteroatoms. The number of hydrogen-bond donors (Lipinski definition) is 2. The number of halogens is 2. The molecular formula is C16H15F2NO. The first-order valence-electron chi connectivity index (χ1n) is 6.58. The molecule has 0 aliphatic carbocycles. The third-order valence-electron chi connectivity index (χ3n) is 3.77. The van der Waals surface area contributed by atoms with Gasteiger partial charge in [-0.1, -0.05) is 30.3 Å². The number of nitrogens with one attached hydrogen (secondary N) is 1. The number of fused-ring (bicyclic) bond motifs is 1. The van der Waals surface area contributed by atoms with E-state index in [0.717, 1.165) is 24.2 Å². The molecular weight excluding hydrogens is 260 g/mol. The molecule has 0 saturated heterocycles. The average molecular weight is 275 g/mol. The summed E-state index contributed by atoms with van der Waals surface area (Å²) in [5.41, 5.74) is 2.71. The molecule has 0 saturated carbocycles. The van der Waals surface area contributed by atoms with E-state index in [1.54, 1.807) is 6.07 Å². The summed E-state index contributed by atoms with van der Waals surface area (Å²) < 4.78 is 27.6. The Morgan fingerprint density at radius 1 is 1.10 bits per heavy atom. The van der Waals surface area contributed by atoms with Gasteiger partial charge in [0.1, 0.15) is 6.10 Å². The molecule has 1 aliphatic rings. The highest BCUT2D eigenvalue weighted by Crippen LogP contribution is 2.35. The molecule has 1 heterocycles. The first kappa shape index (κ1) is 13.1. The van der Waals surface area contributed by atoms with Gasteiger partial charge < -0.3 is 10.4 Å². The lowest BCUT2D eigenvalue weighted by Crippen LogP contribution is -2.07. The fraction of sp³-hybridized carbons (Fsp3) is 0.250. The summed E-state index contributed by atoms with van der Waals surface area (Å²) in [4.78, 5) is 0. The number of anilines is 1. The fourth-order valence-corrected chi connectivity index (χ4v) is 2.63. The monoisotopic (exact) mass is 275 g/mol. The van der Waals surface area contributed by atoms with Crippen molar-refractivity contribution >= 4 is 5.69 Å². The standard InChI is InChI=1S/C16H15F2NO/c1-9-5-6-11(14(18)13(9)17)16(20)12-4-2-3-10-7-8-19-15(10)12/h2-6,16,19-20H,7-8H2,1H3. The largest absolute Gasteiger partial charge is 0.384 e. The van der Waals surface area contributed by atoms with E-state index in [4.69, 9.17) is 0 Å². The minimum Gasteiger partial charge on any atom is -0.384 e. The van der Waals surface area contributed by atoms with Gasteiger partial charge in [-0.15, -0.1) is 0 Å². The number of aliphatic hydroxyl groups is 1. The van der Waals surface area contributed by atoms with Crippen LogP contribution in [0.1, 0.15) is 28.4 Å². The van der Waals surface area contributed by atoms with E-state index >= 15 is 0 Å². The summed E-state index contributed by atoms with van der Waals surface area (Å²) in [5, 5.41) is 13.6. The Bertz CT molecular complexity index is 670. The Morgan fingerprint density at radius 2 is 1.90 bits per heavy atom. The molecule has 1 aliphatic heterocycles. The van der Waals surface area contributed by atoms with Gasteiger partial charge in [0.2, 0.25) is 0 Å². The molecule has 0 spiro atoms. The Kier molecular flexibility index (Phi) is 3.18. The summed E-state index contributed by atoms with van der Waals surface area (Å²) in [6, 6.07) is 8.45. The van der Waals surface area contributed by atoms with Crippen molar-refractivity contribution in [2.24, 2.45) is 0 Å². The van der Waals surface area contributed by atoms with E-state index < -0.39 is 17.7 Å². The molecule has 1 unspecified atom stereocenters. The lowest BCUT2D eigenvalue weighted by molar-refractivity contribution is 0.214. The van der Waals surface area contributed by atoms with E-state index in [-0.39, 0.29) is 11.1 Å². The van der Waals surface area contributed by atoms with E-state index in [2.05, 4.69) is 5.32 Å². The highest BCUT2D eigenvalue weighted by atomic mass is 19.2. The second-order valence-corrected chi connectivity index (χ2v) is 5.06. The minimum absolute atomic E-state index is 0.0322. The number of rotatable bonds is 2. The Balaban J connectivity index is 2.08. The van der Waals surface area contributed by atoms with Crippen molar-refractivity contribution in [3.63, 3.8) is 0 Å². The Labute approximate surface area is 116 Å². The zero-order valence-electron chi connectivity index (χ0n) is 11.1. The smallest absolute Gasteiger partial charge is 0.165 e. The quantitative estimate of drug-likeness (QED) is 0.881. The highest BCUT2D eigenvalue weighted by Gasteiger charge is 2.24. The van der Waals surface area contributed by atoms with Crippen molar-refractivity contribution in [3.8, 4) is 0 Å². The van der Waals surface area contributed by atoms with E-state index in [1.807, 2.05) is 12.1 Å². The number of para-hydroxylation sites is 1.